The van der Waals surface area contributed by atoms with Crippen LogP contribution in [0.1, 0.15) is 25.7 Å². The van der Waals surface area contributed by atoms with Crippen LogP contribution in [-0.2, 0) is 4.79 Å². The van der Waals surface area contributed by atoms with Gasteiger partial charge in [-0.1, -0.05) is 0 Å². The minimum atomic E-state index is -0.724. The van der Waals surface area contributed by atoms with Crippen molar-refractivity contribution in [1.29, 1.82) is 0 Å². The first kappa shape index (κ1) is 15.3. The normalized spacial score (nSPS) is 23.2. The van der Waals surface area contributed by atoms with Gasteiger partial charge in [0.2, 0.25) is 0 Å². The summed E-state index contributed by atoms with van der Waals surface area (Å²) in [7, 11) is 0. The maximum atomic E-state index is 11.1. The lowest BCUT2D eigenvalue weighted by atomic mass is 9.85. The average molecular weight is 326 g/mol. The number of aromatic nitrogens is 2. The fourth-order valence-corrected chi connectivity index (χ4v) is 3.49. The third-order valence-electron chi connectivity index (χ3n) is 5.06. The summed E-state index contributed by atoms with van der Waals surface area (Å²) in [6.45, 7) is 1.10. The topological polar surface area (TPSA) is 78.4 Å². The molecule has 0 aromatic carbocycles. The van der Waals surface area contributed by atoms with Crippen LogP contribution in [0, 0.1) is 5.92 Å². The zero-order valence-corrected chi connectivity index (χ0v) is 13.6. The van der Waals surface area contributed by atoms with Crippen LogP contribution in [0.4, 0.5) is 5.69 Å². The molecule has 126 valence electrons. The largest absolute Gasteiger partial charge is 0.480 e. The van der Waals surface area contributed by atoms with E-state index in [9.17, 15) is 4.79 Å². The maximum absolute atomic E-state index is 11.1. The van der Waals surface area contributed by atoms with Gasteiger partial charge >= 0.3 is 5.97 Å². The highest BCUT2D eigenvalue weighted by Gasteiger charge is 2.37. The van der Waals surface area contributed by atoms with Crippen LogP contribution >= 0.6 is 0 Å². The lowest BCUT2D eigenvalue weighted by Crippen LogP contribution is -2.52. The van der Waals surface area contributed by atoms with Crippen molar-refractivity contribution in [2.45, 2.75) is 37.8 Å². The van der Waals surface area contributed by atoms with Crippen molar-refractivity contribution in [3.8, 4) is 0 Å². The zero-order valence-electron chi connectivity index (χ0n) is 13.6. The van der Waals surface area contributed by atoms with Crippen molar-refractivity contribution in [3.05, 3.63) is 30.7 Å². The minimum absolute atomic E-state index is 0.163. The third kappa shape index (κ3) is 3.33. The quantitative estimate of drug-likeness (QED) is 0.813. The van der Waals surface area contributed by atoms with E-state index in [-0.39, 0.29) is 6.54 Å². The van der Waals surface area contributed by atoms with E-state index in [1.54, 1.807) is 6.20 Å². The number of pyridine rings is 2. The number of rotatable bonds is 7. The van der Waals surface area contributed by atoms with Gasteiger partial charge in [0.25, 0.3) is 0 Å². The standard InChI is InChI=1S/C18H22N4O2/c23-18(24)11-22(10-12-1-2-12)14-7-13(8-14)21-17-4-6-20-16-3-5-19-9-15(16)17/h3-6,9,12-14H,1-2,7-8,10-11H2,(H,20,21)(H,23,24). The molecule has 0 radical (unpaired) electrons. The van der Waals surface area contributed by atoms with Crippen LogP contribution in [-0.4, -0.2) is 51.1 Å². The summed E-state index contributed by atoms with van der Waals surface area (Å²) in [6.07, 6.45) is 9.88. The van der Waals surface area contributed by atoms with Gasteiger partial charge in [-0.15, -0.1) is 0 Å². The van der Waals surface area contributed by atoms with Gasteiger partial charge in [0, 0.05) is 48.3 Å². The minimum Gasteiger partial charge on any atom is -0.480 e. The van der Waals surface area contributed by atoms with Gasteiger partial charge < -0.3 is 10.4 Å². The number of hydrogen-bond acceptors (Lipinski definition) is 5. The van der Waals surface area contributed by atoms with Crippen molar-refractivity contribution >= 4 is 22.6 Å². The molecule has 2 aromatic heterocycles. The number of carboxylic acid groups (broad SMARTS) is 1. The summed E-state index contributed by atoms with van der Waals surface area (Å²) in [6, 6.07) is 4.66. The van der Waals surface area contributed by atoms with E-state index in [0.717, 1.165) is 36.0 Å². The monoisotopic (exact) mass is 326 g/mol. The molecule has 24 heavy (non-hydrogen) atoms. The molecule has 0 atom stereocenters. The summed E-state index contributed by atoms with van der Waals surface area (Å²) in [5.74, 6) is -0.00941. The van der Waals surface area contributed by atoms with Gasteiger partial charge in [-0.3, -0.25) is 19.7 Å². The highest BCUT2D eigenvalue weighted by molar-refractivity contribution is 5.90. The molecule has 2 aliphatic carbocycles. The molecule has 0 amide bonds. The Morgan fingerprint density at radius 1 is 1.29 bits per heavy atom. The van der Waals surface area contributed by atoms with Gasteiger partial charge in [-0.2, -0.15) is 0 Å². The molecule has 2 heterocycles. The summed E-state index contributed by atoms with van der Waals surface area (Å²) >= 11 is 0. The molecule has 0 aliphatic heterocycles. The molecule has 2 aromatic rings. The average Bonchev–Trinajstić information content (AvgIpc) is 3.33. The molecule has 0 spiro atoms. The van der Waals surface area contributed by atoms with Gasteiger partial charge in [0.15, 0.2) is 0 Å². The SMILES string of the molecule is O=C(O)CN(CC1CC1)C1CC(Nc2ccnc3ccncc23)C1. The highest BCUT2D eigenvalue weighted by atomic mass is 16.4. The molecule has 0 saturated heterocycles. The Morgan fingerprint density at radius 3 is 2.88 bits per heavy atom. The second-order valence-electron chi connectivity index (χ2n) is 6.98. The number of carbonyl (C=O) groups is 1. The van der Waals surface area contributed by atoms with Crippen LogP contribution in [0.5, 0.6) is 0 Å². The molecule has 0 bridgehead atoms. The van der Waals surface area contributed by atoms with Crippen LogP contribution in [0.3, 0.4) is 0 Å². The van der Waals surface area contributed by atoms with Crippen LogP contribution in [0.15, 0.2) is 30.7 Å². The summed E-state index contributed by atoms with van der Waals surface area (Å²) in [5, 5.41) is 13.7. The van der Waals surface area contributed by atoms with Crippen LogP contribution in [0.2, 0.25) is 0 Å². The predicted octanol–water partition coefficient (Wildman–Crippen LogP) is 2.37. The number of nitrogens with one attached hydrogen (secondary N) is 1. The highest BCUT2D eigenvalue weighted by Crippen LogP contribution is 2.35. The first-order chi connectivity index (χ1) is 11.7. The van der Waals surface area contributed by atoms with E-state index in [1.165, 1.54) is 12.8 Å². The zero-order chi connectivity index (χ0) is 16.5. The Morgan fingerprint density at radius 2 is 2.12 bits per heavy atom. The molecule has 2 aliphatic rings. The summed E-state index contributed by atoms with van der Waals surface area (Å²) < 4.78 is 0. The predicted molar refractivity (Wildman–Crippen MR) is 91.9 cm³/mol. The number of aliphatic carboxylic acids is 1. The molecule has 6 heteroatoms. The number of fused-ring (bicyclic) bond motifs is 1. The molecular weight excluding hydrogens is 304 g/mol. The first-order valence-corrected chi connectivity index (χ1v) is 8.60. The second-order valence-corrected chi connectivity index (χ2v) is 6.98. The van der Waals surface area contributed by atoms with Gasteiger partial charge in [0.05, 0.1) is 12.1 Å². The molecule has 2 fully saturated rings. The van der Waals surface area contributed by atoms with E-state index in [0.29, 0.717) is 18.0 Å². The Labute approximate surface area is 140 Å². The Kier molecular flexibility index (Phi) is 4.06. The van der Waals surface area contributed by atoms with E-state index < -0.39 is 5.97 Å². The summed E-state index contributed by atoms with van der Waals surface area (Å²) in [4.78, 5) is 21.8. The van der Waals surface area contributed by atoms with Crippen molar-refractivity contribution in [2.75, 3.05) is 18.4 Å². The van der Waals surface area contributed by atoms with Crippen molar-refractivity contribution in [1.82, 2.24) is 14.9 Å². The number of hydrogen-bond donors (Lipinski definition) is 2. The maximum Gasteiger partial charge on any atom is 0.317 e. The Hall–Kier alpha value is -2.21. The molecule has 0 unspecified atom stereocenters. The lowest BCUT2D eigenvalue weighted by molar-refractivity contribution is -0.139. The van der Waals surface area contributed by atoms with E-state index in [4.69, 9.17) is 5.11 Å². The van der Waals surface area contributed by atoms with Crippen LogP contribution < -0.4 is 5.32 Å². The lowest BCUT2D eigenvalue weighted by Gasteiger charge is -2.43. The molecule has 6 nitrogen and oxygen atoms in total. The van der Waals surface area contributed by atoms with Gasteiger partial charge in [-0.05, 0) is 43.7 Å². The Balaban J connectivity index is 1.38. The fraction of sp³-hybridized carbons (Fsp3) is 0.500. The van der Waals surface area contributed by atoms with Gasteiger partial charge in [0.1, 0.15) is 0 Å². The number of nitrogens with zero attached hydrogens (tertiary/aromatic N) is 3. The van der Waals surface area contributed by atoms with E-state index >= 15 is 0 Å². The smallest absolute Gasteiger partial charge is 0.317 e. The van der Waals surface area contributed by atoms with Crippen LogP contribution in [0.25, 0.3) is 10.9 Å². The molecule has 4 rings (SSSR count). The third-order valence-corrected chi connectivity index (χ3v) is 5.06. The molecular formula is C18H22N4O2. The van der Waals surface area contributed by atoms with Gasteiger partial charge in [-0.25, -0.2) is 0 Å². The fourth-order valence-electron chi connectivity index (χ4n) is 3.49. The van der Waals surface area contributed by atoms with Crippen molar-refractivity contribution < 1.29 is 9.90 Å². The second kappa shape index (κ2) is 6.36. The van der Waals surface area contributed by atoms with E-state index in [2.05, 4.69) is 20.2 Å². The van der Waals surface area contributed by atoms with E-state index in [1.807, 2.05) is 24.5 Å². The number of carboxylic acids is 1. The first-order valence-electron chi connectivity index (χ1n) is 8.60. The molecule has 2 saturated carbocycles. The summed E-state index contributed by atoms with van der Waals surface area (Å²) in [5.41, 5.74) is 2.00. The Bertz CT molecular complexity index is 735. The molecule has 2 N–H and O–H groups in total. The van der Waals surface area contributed by atoms with Crippen molar-refractivity contribution in [3.63, 3.8) is 0 Å². The number of anilines is 1. The van der Waals surface area contributed by atoms with Crippen molar-refractivity contribution in [2.24, 2.45) is 5.92 Å².